The van der Waals surface area contributed by atoms with Crippen LogP contribution in [0.25, 0.3) is 0 Å². The van der Waals surface area contributed by atoms with E-state index in [4.69, 9.17) is 4.74 Å². The van der Waals surface area contributed by atoms with Crippen LogP contribution in [0.15, 0.2) is 54.6 Å². The van der Waals surface area contributed by atoms with Crippen molar-refractivity contribution in [2.45, 2.75) is 70.8 Å². The minimum atomic E-state index is -1.19. The highest BCUT2D eigenvalue weighted by Crippen LogP contribution is 2.28. The van der Waals surface area contributed by atoms with Crippen LogP contribution in [0.4, 0.5) is 4.79 Å². The summed E-state index contributed by atoms with van der Waals surface area (Å²) >= 11 is 0. The third-order valence-electron chi connectivity index (χ3n) is 4.97. The van der Waals surface area contributed by atoms with Crippen LogP contribution in [0.1, 0.15) is 74.7 Å². The third-order valence-corrected chi connectivity index (χ3v) is 4.97. The van der Waals surface area contributed by atoms with E-state index in [0.29, 0.717) is 0 Å². The second kappa shape index (κ2) is 12.2. The quantitative estimate of drug-likeness (QED) is 0.325. The molecule has 0 saturated heterocycles. The molecule has 27 heavy (non-hydrogen) atoms. The van der Waals surface area contributed by atoms with Crippen molar-refractivity contribution in [2.24, 2.45) is 0 Å². The summed E-state index contributed by atoms with van der Waals surface area (Å²) in [4.78, 5) is 11.2. The Labute approximate surface area is 163 Å². The first kappa shape index (κ1) is 21.0. The zero-order valence-corrected chi connectivity index (χ0v) is 16.4. The molecule has 0 fully saturated rings. The van der Waals surface area contributed by atoms with Gasteiger partial charge in [0.1, 0.15) is 6.10 Å². The van der Waals surface area contributed by atoms with Gasteiger partial charge in [-0.15, -0.1) is 0 Å². The normalized spacial score (nSPS) is 11.9. The van der Waals surface area contributed by atoms with E-state index in [1.165, 1.54) is 24.0 Å². The second-order valence-electron chi connectivity index (χ2n) is 7.11. The van der Waals surface area contributed by atoms with Crippen molar-refractivity contribution >= 4 is 6.16 Å². The maximum Gasteiger partial charge on any atom is 0.506 e. The summed E-state index contributed by atoms with van der Waals surface area (Å²) in [6.07, 6.45) is 7.90. The Hall–Kier alpha value is -2.29. The molecule has 1 N–H and O–H groups in total. The van der Waals surface area contributed by atoms with Crippen LogP contribution in [-0.4, -0.2) is 11.3 Å². The molecule has 0 amide bonds. The fourth-order valence-corrected chi connectivity index (χ4v) is 3.52. The van der Waals surface area contributed by atoms with E-state index in [2.05, 4.69) is 37.3 Å². The van der Waals surface area contributed by atoms with Crippen LogP contribution in [0, 0.1) is 0 Å². The number of rotatable bonds is 12. The third kappa shape index (κ3) is 7.86. The van der Waals surface area contributed by atoms with Crippen molar-refractivity contribution in [1.29, 1.82) is 0 Å². The van der Waals surface area contributed by atoms with E-state index in [-0.39, 0.29) is 6.10 Å². The molecule has 146 valence electrons. The monoisotopic (exact) mass is 368 g/mol. The van der Waals surface area contributed by atoms with E-state index < -0.39 is 6.16 Å². The Morgan fingerprint density at radius 1 is 0.889 bits per heavy atom. The largest absolute Gasteiger partial charge is 0.506 e. The summed E-state index contributed by atoms with van der Waals surface area (Å²) in [7, 11) is 0. The minimum absolute atomic E-state index is 0.364. The summed E-state index contributed by atoms with van der Waals surface area (Å²) in [5.74, 6) is 0. The van der Waals surface area contributed by atoms with Crippen molar-refractivity contribution in [3.05, 3.63) is 71.3 Å². The number of aryl methyl sites for hydroxylation is 2. The van der Waals surface area contributed by atoms with Crippen molar-refractivity contribution in [1.82, 2.24) is 0 Å². The van der Waals surface area contributed by atoms with Gasteiger partial charge in [-0.05, 0) is 55.2 Å². The summed E-state index contributed by atoms with van der Waals surface area (Å²) in [6, 6.07) is 18.6. The average Bonchev–Trinajstić information content (AvgIpc) is 2.68. The molecule has 0 saturated carbocycles. The molecule has 0 aromatic heterocycles. The number of carboxylic acid groups (broad SMARTS) is 1. The summed E-state index contributed by atoms with van der Waals surface area (Å²) in [5, 5.41) is 9.18. The smallest absolute Gasteiger partial charge is 0.450 e. The van der Waals surface area contributed by atoms with Gasteiger partial charge in [0.15, 0.2) is 0 Å². The molecular weight excluding hydrogens is 336 g/mol. The van der Waals surface area contributed by atoms with Crippen LogP contribution < -0.4 is 0 Å². The molecule has 0 aliphatic rings. The predicted octanol–water partition coefficient (Wildman–Crippen LogP) is 6.96. The lowest BCUT2D eigenvalue weighted by Crippen LogP contribution is -2.11. The van der Waals surface area contributed by atoms with E-state index in [1.54, 1.807) is 0 Å². The number of carbonyl (C=O) groups is 1. The maximum absolute atomic E-state index is 11.2. The highest BCUT2D eigenvalue weighted by atomic mass is 16.7. The molecule has 0 radical (unpaired) electrons. The lowest BCUT2D eigenvalue weighted by atomic mass is 9.94. The molecular formula is C24H32O3. The molecule has 2 aromatic rings. The molecule has 0 aliphatic heterocycles. The molecule has 0 spiro atoms. The molecule has 1 unspecified atom stereocenters. The first-order valence-corrected chi connectivity index (χ1v) is 10.2. The van der Waals surface area contributed by atoms with E-state index in [9.17, 15) is 9.90 Å². The Kier molecular flexibility index (Phi) is 9.47. The molecule has 3 nitrogen and oxygen atoms in total. The average molecular weight is 369 g/mol. The highest BCUT2D eigenvalue weighted by Gasteiger charge is 2.18. The number of benzene rings is 2. The van der Waals surface area contributed by atoms with Gasteiger partial charge in [-0.25, -0.2) is 4.79 Å². The van der Waals surface area contributed by atoms with Crippen LogP contribution in [0.5, 0.6) is 0 Å². The SMILES string of the molecule is CCCCCc1ccccc1C(CCCCCc1ccccc1)OC(=O)O. The first-order chi connectivity index (χ1) is 13.2. The Bertz CT molecular complexity index is 666. The number of ether oxygens (including phenoxy) is 1. The second-order valence-corrected chi connectivity index (χ2v) is 7.11. The van der Waals surface area contributed by atoms with Crippen molar-refractivity contribution in [2.75, 3.05) is 0 Å². The van der Waals surface area contributed by atoms with E-state index in [0.717, 1.165) is 50.5 Å². The molecule has 0 bridgehead atoms. The molecule has 0 aliphatic carbocycles. The zero-order valence-electron chi connectivity index (χ0n) is 16.4. The molecule has 0 heterocycles. The number of hydrogen-bond acceptors (Lipinski definition) is 2. The van der Waals surface area contributed by atoms with Gasteiger partial charge >= 0.3 is 6.16 Å². The summed E-state index contributed by atoms with van der Waals surface area (Å²) in [6.45, 7) is 2.19. The van der Waals surface area contributed by atoms with Crippen molar-refractivity contribution in [3.8, 4) is 0 Å². The molecule has 3 heteroatoms. The minimum Gasteiger partial charge on any atom is -0.450 e. The molecule has 1 atom stereocenters. The number of unbranched alkanes of at least 4 members (excludes halogenated alkanes) is 4. The fraction of sp³-hybridized carbons (Fsp3) is 0.458. The van der Waals surface area contributed by atoms with Gasteiger partial charge in [-0.3, -0.25) is 0 Å². The van der Waals surface area contributed by atoms with E-state index >= 15 is 0 Å². The van der Waals surface area contributed by atoms with Crippen LogP contribution in [-0.2, 0) is 17.6 Å². The van der Waals surface area contributed by atoms with Gasteiger partial charge in [-0.2, -0.15) is 0 Å². The molecule has 2 rings (SSSR count). The Balaban J connectivity index is 1.89. The maximum atomic E-state index is 11.2. The fourth-order valence-electron chi connectivity index (χ4n) is 3.52. The van der Waals surface area contributed by atoms with Gasteiger partial charge in [0.2, 0.25) is 0 Å². The van der Waals surface area contributed by atoms with Gasteiger partial charge < -0.3 is 9.84 Å². The summed E-state index contributed by atoms with van der Waals surface area (Å²) < 4.78 is 5.26. The highest BCUT2D eigenvalue weighted by molar-refractivity contribution is 5.57. The zero-order chi connectivity index (χ0) is 19.3. The lowest BCUT2D eigenvalue weighted by molar-refractivity contribution is 0.0461. The van der Waals surface area contributed by atoms with Crippen LogP contribution >= 0.6 is 0 Å². The topological polar surface area (TPSA) is 46.5 Å². The standard InChI is InChI=1S/C24H32O3/c1-2-3-6-16-21-17-11-12-18-22(21)23(27-24(25)26)19-10-5-9-15-20-13-7-4-8-14-20/h4,7-8,11-14,17-18,23H,2-3,5-6,9-10,15-16,19H2,1H3,(H,25,26). The van der Waals surface area contributed by atoms with Gasteiger partial charge in [0, 0.05) is 0 Å². The first-order valence-electron chi connectivity index (χ1n) is 10.2. The lowest BCUT2D eigenvalue weighted by Gasteiger charge is -2.20. The summed E-state index contributed by atoms with van der Waals surface area (Å²) in [5.41, 5.74) is 3.62. The van der Waals surface area contributed by atoms with Crippen LogP contribution in [0.2, 0.25) is 0 Å². The number of hydrogen-bond donors (Lipinski definition) is 1. The Morgan fingerprint density at radius 3 is 2.33 bits per heavy atom. The van der Waals surface area contributed by atoms with Crippen LogP contribution in [0.3, 0.4) is 0 Å². The van der Waals surface area contributed by atoms with Crippen molar-refractivity contribution in [3.63, 3.8) is 0 Å². The predicted molar refractivity (Wildman–Crippen MR) is 110 cm³/mol. The molecule has 2 aromatic carbocycles. The van der Waals surface area contributed by atoms with E-state index in [1.807, 2.05) is 24.3 Å². The van der Waals surface area contributed by atoms with Gasteiger partial charge in [0.25, 0.3) is 0 Å². The van der Waals surface area contributed by atoms with Crippen molar-refractivity contribution < 1.29 is 14.6 Å². The van der Waals surface area contributed by atoms with Gasteiger partial charge in [-0.1, -0.05) is 80.8 Å². The van der Waals surface area contributed by atoms with Gasteiger partial charge in [0.05, 0.1) is 0 Å². The Morgan fingerprint density at radius 2 is 1.59 bits per heavy atom.